The van der Waals surface area contributed by atoms with Gasteiger partial charge in [0.15, 0.2) is 11.9 Å². The van der Waals surface area contributed by atoms with Crippen molar-refractivity contribution in [2.45, 2.75) is 13.0 Å². The van der Waals surface area contributed by atoms with Crippen molar-refractivity contribution < 1.29 is 9.90 Å². The predicted molar refractivity (Wildman–Crippen MR) is 31.9 cm³/mol. The van der Waals surface area contributed by atoms with Crippen LogP contribution in [0.2, 0.25) is 0 Å². The lowest BCUT2D eigenvalue weighted by Gasteiger charge is -2.05. The first kappa shape index (κ1) is 6.16. The van der Waals surface area contributed by atoms with Gasteiger partial charge in [-0.2, -0.15) is 0 Å². The van der Waals surface area contributed by atoms with Gasteiger partial charge in [-0.05, 0) is 6.92 Å². The Kier molecular flexibility index (Phi) is 1.44. The van der Waals surface area contributed by atoms with Crippen LogP contribution in [0.5, 0.6) is 0 Å². The van der Waals surface area contributed by atoms with Crippen LogP contribution in [-0.2, 0) is 4.79 Å². The SMILES string of the molecule is CC1=[C]N=CC(O)C1=O. The molecule has 1 heterocycles. The Morgan fingerprint density at radius 3 is 3.00 bits per heavy atom. The molecule has 1 radical (unpaired) electrons. The van der Waals surface area contributed by atoms with Gasteiger partial charge in [-0.25, -0.2) is 0 Å². The highest BCUT2D eigenvalue weighted by Crippen LogP contribution is 2.02. The van der Waals surface area contributed by atoms with Crippen molar-refractivity contribution in [1.82, 2.24) is 0 Å². The molecule has 3 heteroatoms. The topological polar surface area (TPSA) is 49.7 Å². The molecular weight excluding hydrogens is 118 g/mol. The monoisotopic (exact) mass is 124 g/mol. The Morgan fingerprint density at radius 1 is 1.89 bits per heavy atom. The van der Waals surface area contributed by atoms with Gasteiger partial charge < -0.3 is 5.11 Å². The van der Waals surface area contributed by atoms with Crippen molar-refractivity contribution in [2.24, 2.45) is 4.99 Å². The van der Waals surface area contributed by atoms with Crippen LogP contribution in [0.3, 0.4) is 0 Å². The van der Waals surface area contributed by atoms with E-state index in [1.165, 1.54) is 0 Å². The van der Waals surface area contributed by atoms with Crippen LogP contribution in [0.1, 0.15) is 6.92 Å². The van der Waals surface area contributed by atoms with Crippen LogP contribution >= 0.6 is 0 Å². The van der Waals surface area contributed by atoms with Crippen LogP contribution in [0.25, 0.3) is 0 Å². The molecule has 0 aliphatic carbocycles. The first-order valence-electron chi connectivity index (χ1n) is 2.57. The largest absolute Gasteiger partial charge is 0.379 e. The Balaban J connectivity index is 2.86. The van der Waals surface area contributed by atoms with Crippen molar-refractivity contribution >= 4 is 12.0 Å². The Bertz CT molecular complexity index is 193. The number of ketones is 1. The quantitative estimate of drug-likeness (QED) is 0.482. The summed E-state index contributed by atoms with van der Waals surface area (Å²) < 4.78 is 0. The van der Waals surface area contributed by atoms with Gasteiger partial charge in [-0.15, -0.1) is 0 Å². The van der Waals surface area contributed by atoms with Crippen LogP contribution in [0.4, 0.5) is 0 Å². The molecule has 9 heavy (non-hydrogen) atoms. The predicted octanol–water partition coefficient (Wildman–Crippen LogP) is -0.292. The third kappa shape index (κ3) is 1.05. The summed E-state index contributed by atoms with van der Waals surface area (Å²) in [6.07, 6.45) is 2.55. The molecule has 0 fully saturated rings. The summed E-state index contributed by atoms with van der Waals surface area (Å²) in [5.74, 6) is -0.315. The Hall–Kier alpha value is -0.960. The van der Waals surface area contributed by atoms with E-state index in [-0.39, 0.29) is 5.78 Å². The molecule has 0 aromatic carbocycles. The Morgan fingerprint density at radius 2 is 2.56 bits per heavy atom. The maximum atomic E-state index is 10.7. The van der Waals surface area contributed by atoms with E-state index in [0.717, 1.165) is 6.21 Å². The highest BCUT2D eigenvalue weighted by molar-refractivity contribution is 6.08. The zero-order valence-corrected chi connectivity index (χ0v) is 4.96. The lowest BCUT2D eigenvalue weighted by atomic mass is 10.1. The van der Waals surface area contributed by atoms with Crippen molar-refractivity contribution in [3.05, 3.63) is 11.8 Å². The second-order valence-corrected chi connectivity index (χ2v) is 1.82. The number of hydrogen-bond donors (Lipinski definition) is 1. The van der Waals surface area contributed by atoms with E-state index in [0.29, 0.717) is 5.57 Å². The van der Waals surface area contributed by atoms with E-state index >= 15 is 0 Å². The molecule has 1 rings (SSSR count). The lowest BCUT2D eigenvalue weighted by molar-refractivity contribution is -0.120. The fraction of sp³-hybridized carbons (Fsp3) is 0.333. The summed E-state index contributed by atoms with van der Waals surface area (Å²) in [6, 6.07) is 0. The number of Topliss-reactive ketones (excluding diaryl/α,β-unsaturated/α-hetero) is 1. The third-order valence-corrected chi connectivity index (χ3v) is 1.09. The third-order valence-electron chi connectivity index (χ3n) is 1.09. The molecular formula is C6H6NO2. The molecule has 1 unspecified atom stereocenters. The first-order chi connectivity index (χ1) is 4.22. The van der Waals surface area contributed by atoms with Gasteiger partial charge >= 0.3 is 0 Å². The van der Waals surface area contributed by atoms with Gasteiger partial charge in [0, 0.05) is 11.8 Å². The fourth-order valence-corrected chi connectivity index (χ4v) is 0.549. The number of hydrogen-bond acceptors (Lipinski definition) is 3. The van der Waals surface area contributed by atoms with E-state index in [1.807, 2.05) is 0 Å². The summed E-state index contributed by atoms with van der Waals surface area (Å²) in [5, 5.41) is 8.79. The molecule has 1 N–H and O–H groups in total. The first-order valence-corrected chi connectivity index (χ1v) is 2.57. The van der Waals surface area contributed by atoms with E-state index in [4.69, 9.17) is 5.11 Å². The number of aliphatic imine (C=N–C) groups is 1. The van der Waals surface area contributed by atoms with Crippen molar-refractivity contribution in [2.75, 3.05) is 0 Å². The zero-order chi connectivity index (χ0) is 6.85. The van der Waals surface area contributed by atoms with Gasteiger partial charge in [0.2, 0.25) is 0 Å². The molecule has 0 saturated carbocycles. The zero-order valence-electron chi connectivity index (χ0n) is 4.96. The van der Waals surface area contributed by atoms with Gasteiger partial charge in [-0.3, -0.25) is 9.79 Å². The van der Waals surface area contributed by atoms with E-state index in [2.05, 4.69) is 11.2 Å². The highest BCUT2D eigenvalue weighted by Gasteiger charge is 2.16. The number of aliphatic hydroxyl groups excluding tert-OH is 1. The molecule has 3 nitrogen and oxygen atoms in total. The fourth-order valence-electron chi connectivity index (χ4n) is 0.549. The lowest BCUT2D eigenvalue weighted by Crippen LogP contribution is -2.24. The normalized spacial score (nSPS) is 26.2. The molecule has 0 saturated heterocycles. The summed E-state index contributed by atoms with van der Waals surface area (Å²) in [5.41, 5.74) is 0.380. The van der Waals surface area contributed by atoms with Crippen LogP contribution in [0.15, 0.2) is 10.6 Å². The number of carbonyl (C=O) groups excluding carboxylic acids is 1. The van der Waals surface area contributed by atoms with Crippen molar-refractivity contribution in [3.8, 4) is 0 Å². The number of carbonyl (C=O) groups is 1. The molecule has 0 bridgehead atoms. The van der Waals surface area contributed by atoms with Crippen LogP contribution < -0.4 is 0 Å². The molecule has 1 atom stereocenters. The van der Waals surface area contributed by atoms with Gasteiger partial charge in [0.05, 0.1) is 6.20 Å². The summed E-state index contributed by atoms with van der Waals surface area (Å²) in [7, 11) is 0. The van der Waals surface area contributed by atoms with Crippen molar-refractivity contribution in [1.29, 1.82) is 0 Å². The molecule has 0 aromatic rings. The Labute approximate surface area is 52.7 Å². The maximum Gasteiger partial charge on any atom is 0.194 e. The standard InChI is InChI=1S/C6H6NO2/c1-4-2-7-3-5(8)6(4)9/h3,5,8H,1H3. The van der Waals surface area contributed by atoms with Crippen molar-refractivity contribution in [3.63, 3.8) is 0 Å². The average molecular weight is 124 g/mol. The van der Waals surface area contributed by atoms with Gasteiger partial charge in [0.1, 0.15) is 0 Å². The number of aliphatic hydroxyl groups is 1. The average Bonchev–Trinajstić information content (AvgIpc) is 1.83. The van der Waals surface area contributed by atoms with Crippen LogP contribution in [-0.4, -0.2) is 23.2 Å². The summed E-state index contributed by atoms with van der Waals surface area (Å²) >= 11 is 0. The summed E-state index contributed by atoms with van der Waals surface area (Å²) in [4.78, 5) is 14.2. The minimum absolute atomic E-state index is 0.315. The number of rotatable bonds is 0. The van der Waals surface area contributed by atoms with E-state index in [9.17, 15) is 4.79 Å². The maximum absolute atomic E-state index is 10.7. The van der Waals surface area contributed by atoms with E-state index in [1.54, 1.807) is 6.92 Å². The number of nitrogens with zero attached hydrogens (tertiary/aromatic N) is 1. The minimum atomic E-state index is -1.05. The second-order valence-electron chi connectivity index (χ2n) is 1.82. The smallest absolute Gasteiger partial charge is 0.194 e. The minimum Gasteiger partial charge on any atom is -0.379 e. The van der Waals surface area contributed by atoms with Gasteiger partial charge in [-0.1, -0.05) is 0 Å². The molecule has 47 valence electrons. The molecule has 1 aliphatic heterocycles. The van der Waals surface area contributed by atoms with E-state index < -0.39 is 6.10 Å². The molecule has 0 amide bonds. The van der Waals surface area contributed by atoms with Crippen LogP contribution in [0, 0.1) is 6.20 Å². The second kappa shape index (κ2) is 2.11. The highest BCUT2D eigenvalue weighted by atomic mass is 16.3. The molecule has 1 aliphatic rings. The molecule has 0 spiro atoms. The molecule has 0 aromatic heterocycles. The van der Waals surface area contributed by atoms with Gasteiger partial charge in [0.25, 0.3) is 0 Å². The summed E-state index contributed by atoms with van der Waals surface area (Å²) in [6.45, 7) is 1.57.